The number of carbonyl (C=O) groups is 3. The standard InChI is InChI=1S/C21H20F2N2O5/c1-13-2-6-16(7-3-13)25-11-14(10-19(25)27)20(28)29-12-18(26)24-15-4-8-17(9-5-15)30-21(22)23/h2-9,14,21H,10-12H2,1H3,(H,24,26)/t14-/m1/s1. The van der Waals surface area contributed by atoms with E-state index in [1.807, 2.05) is 31.2 Å². The van der Waals surface area contributed by atoms with Gasteiger partial charge in [0, 0.05) is 24.3 Å². The molecule has 0 radical (unpaired) electrons. The van der Waals surface area contributed by atoms with Crippen LogP contribution < -0.4 is 15.0 Å². The summed E-state index contributed by atoms with van der Waals surface area (Å²) < 4.78 is 33.5. The van der Waals surface area contributed by atoms with E-state index in [0.29, 0.717) is 11.4 Å². The van der Waals surface area contributed by atoms with Crippen LogP contribution in [0.4, 0.5) is 20.2 Å². The molecule has 9 heteroatoms. The number of ether oxygens (including phenoxy) is 2. The zero-order valence-corrected chi connectivity index (χ0v) is 16.1. The number of esters is 1. The minimum atomic E-state index is -2.94. The van der Waals surface area contributed by atoms with Crippen LogP contribution in [0.5, 0.6) is 5.75 Å². The number of alkyl halides is 2. The lowest BCUT2D eigenvalue weighted by Gasteiger charge is -2.16. The van der Waals surface area contributed by atoms with Crippen molar-refractivity contribution in [3.05, 3.63) is 54.1 Å². The average Bonchev–Trinajstić information content (AvgIpc) is 3.09. The third-order valence-electron chi connectivity index (χ3n) is 4.51. The molecule has 0 saturated carbocycles. The van der Waals surface area contributed by atoms with Crippen LogP contribution in [-0.2, 0) is 19.1 Å². The van der Waals surface area contributed by atoms with E-state index in [2.05, 4.69) is 10.1 Å². The average molecular weight is 418 g/mol. The molecule has 2 amide bonds. The Balaban J connectivity index is 1.47. The van der Waals surface area contributed by atoms with Gasteiger partial charge in [0.05, 0.1) is 5.92 Å². The summed E-state index contributed by atoms with van der Waals surface area (Å²) in [6, 6.07) is 12.7. The first-order chi connectivity index (χ1) is 14.3. The molecular formula is C21H20F2N2O5. The maximum atomic E-state index is 12.3. The first-order valence-electron chi connectivity index (χ1n) is 9.20. The lowest BCUT2D eigenvalue weighted by Crippen LogP contribution is -2.28. The fourth-order valence-corrected chi connectivity index (χ4v) is 3.01. The van der Waals surface area contributed by atoms with E-state index in [1.54, 1.807) is 0 Å². The Labute approximate surface area is 171 Å². The number of anilines is 2. The second kappa shape index (κ2) is 9.34. The van der Waals surface area contributed by atoms with Crippen LogP contribution in [0.1, 0.15) is 12.0 Å². The highest BCUT2D eigenvalue weighted by Crippen LogP contribution is 2.26. The minimum absolute atomic E-state index is 0.0138. The Morgan fingerprint density at radius 1 is 1.13 bits per heavy atom. The molecule has 0 unspecified atom stereocenters. The fourth-order valence-electron chi connectivity index (χ4n) is 3.01. The molecule has 1 heterocycles. The van der Waals surface area contributed by atoms with Crippen molar-refractivity contribution in [2.24, 2.45) is 5.92 Å². The number of aryl methyl sites for hydroxylation is 1. The lowest BCUT2D eigenvalue weighted by atomic mass is 10.1. The van der Waals surface area contributed by atoms with E-state index in [1.165, 1.54) is 29.2 Å². The molecule has 7 nitrogen and oxygen atoms in total. The summed E-state index contributed by atoms with van der Waals surface area (Å²) in [5.41, 5.74) is 2.10. The SMILES string of the molecule is Cc1ccc(N2C[C@H](C(=O)OCC(=O)Nc3ccc(OC(F)F)cc3)CC2=O)cc1. The van der Waals surface area contributed by atoms with E-state index in [9.17, 15) is 23.2 Å². The first-order valence-corrected chi connectivity index (χ1v) is 9.20. The maximum absolute atomic E-state index is 12.3. The number of nitrogens with zero attached hydrogens (tertiary/aromatic N) is 1. The van der Waals surface area contributed by atoms with E-state index in [0.717, 1.165) is 5.56 Å². The van der Waals surface area contributed by atoms with Crippen molar-refractivity contribution in [2.75, 3.05) is 23.4 Å². The molecule has 1 aliphatic heterocycles. The quantitative estimate of drug-likeness (QED) is 0.699. The number of rotatable bonds is 7. The van der Waals surface area contributed by atoms with Gasteiger partial charge in [-0.05, 0) is 43.3 Å². The Kier molecular flexibility index (Phi) is 6.61. The highest BCUT2D eigenvalue weighted by Gasteiger charge is 2.36. The molecule has 158 valence electrons. The van der Waals surface area contributed by atoms with Gasteiger partial charge in [-0.3, -0.25) is 14.4 Å². The molecule has 0 aromatic heterocycles. The van der Waals surface area contributed by atoms with Crippen molar-refractivity contribution in [1.82, 2.24) is 0 Å². The van der Waals surface area contributed by atoms with Gasteiger partial charge in [0.2, 0.25) is 5.91 Å². The summed E-state index contributed by atoms with van der Waals surface area (Å²) in [7, 11) is 0. The minimum Gasteiger partial charge on any atom is -0.455 e. The zero-order valence-electron chi connectivity index (χ0n) is 16.1. The zero-order chi connectivity index (χ0) is 21.7. The van der Waals surface area contributed by atoms with Crippen molar-refractivity contribution in [3.8, 4) is 5.75 Å². The Bertz CT molecular complexity index is 916. The smallest absolute Gasteiger partial charge is 0.387 e. The Hall–Kier alpha value is -3.49. The summed E-state index contributed by atoms with van der Waals surface area (Å²) >= 11 is 0. The summed E-state index contributed by atoms with van der Waals surface area (Å²) in [5.74, 6) is -2.11. The summed E-state index contributed by atoms with van der Waals surface area (Å²) in [5, 5.41) is 2.48. The van der Waals surface area contributed by atoms with Crippen molar-refractivity contribution in [3.63, 3.8) is 0 Å². The third-order valence-corrected chi connectivity index (χ3v) is 4.51. The maximum Gasteiger partial charge on any atom is 0.387 e. The van der Waals surface area contributed by atoms with Gasteiger partial charge in [-0.25, -0.2) is 0 Å². The summed E-state index contributed by atoms with van der Waals surface area (Å²) in [4.78, 5) is 38.0. The largest absolute Gasteiger partial charge is 0.455 e. The van der Waals surface area contributed by atoms with Crippen LogP contribution >= 0.6 is 0 Å². The number of hydrogen-bond donors (Lipinski definition) is 1. The van der Waals surface area contributed by atoms with Crippen LogP contribution in [0.3, 0.4) is 0 Å². The first kappa shape index (κ1) is 21.2. The van der Waals surface area contributed by atoms with Crippen molar-refractivity contribution in [2.45, 2.75) is 20.0 Å². The van der Waals surface area contributed by atoms with Gasteiger partial charge in [-0.15, -0.1) is 0 Å². The molecule has 3 rings (SSSR count). The molecule has 0 bridgehead atoms. The third kappa shape index (κ3) is 5.53. The summed E-state index contributed by atoms with van der Waals surface area (Å²) in [6.07, 6.45) is 0.0138. The summed E-state index contributed by atoms with van der Waals surface area (Å²) in [6.45, 7) is -1.34. The van der Waals surface area contributed by atoms with E-state index >= 15 is 0 Å². The molecule has 1 N–H and O–H groups in total. The predicted octanol–water partition coefficient (Wildman–Crippen LogP) is 3.13. The number of nitrogens with one attached hydrogen (secondary N) is 1. The number of benzene rings is 2. The van der Waals surface area contributed by atoms with Gasteiger partial charge in [-0.2, -0.15) is 8.78 Å². The fraction of sp³-hybridized carbons (Fsp3) is 0.286. The van der Waals surface area contributed by atoms with E-state index in [-0.39, 0.29) is 24.6 Å². The molecule has 2 aromatic carbocycles. The highest BCUT2D eigenvalue weighted by atomic mass is 19.3. The Morgan fingerprint density at radius 3 is 2.43 bits per heavy atom. The van der Waals surface area contributed by atoms with Crippen molar-refractivity contribution in [1.29, 1.82) is 0 Å². The molecule has 30 heavy (non-hydrogen) atoms. The van der Waals surface area contributed by atoms with E-state index in [4.69, 9.17) is 4.74 Å². The second-order valence-corrected chi connectivity index (χ2v) is 6.80. The normalized spacial score (nSPS) is 15.9. The number of carbonyl (C=O) groups excluding carboxylic acids is 3. The van der Waals surface area contributed by atoms with Crippen LogP contribution in [0.2, 0.25) is 0 Å². The van der Waals surface area contributed by atoms with Crippen LogP contribution in [0.25, 0.3) is 0 Å². The van der Waals surface area contributed by atoms with Crippen molar-refractivity contribution < 1.29 is 32.6 Å². The number of halogens is 2. The molecule has 1 fully saturated rings. The molecular weight excluding hydrogens is 398 g/mol. The van der Waals surface area contributed by atoms with Gasteiger partial charge in [0.15, 0.2) is 6.61 Å². The number of hydrogen-bond acceptors (Lipinski definition) is 5. The van der Waals surface area contributed by atoms with Gasteiger partial charge < -0.3 is 19.7 Å². The van der Waals surface area contributed by atoms with Gasteiger partial charge in [0.1, 0.15) is 5.75 Å². The topological polar surface area (TPSA) is 84.9 Å². The predicted molar refractivity (Wildman–Crippen MR) is 104 cm³/mol. The second-order valence-electron chi connectivity index (χ2n) is 6.80. The molecule has 2 aromatic rings. The molecule has 1 atom stereocenters. The molecule has 1 aliphatic rings. The van der Waals surface area contributed by atoms with Crippen LogP contribution in [0, 0.1) is 12.8 Å². The Morgan fingerprint density at radius 2 is 1.80 bits per heavy atom. The highest BCUT2D eigenvalue weighted by molar-refractivity contribution is 6.00. The monoisotopic (exact) mass is 418 g/mol. The molecule has 0 spiro atoms. The van der Waals surface area contributed by atoms with E-state index < -0.39 is 31.0 Å². The van der Waals surface area contributed by atoms with Gasteiger partial charge >= 0.3 is 12.6 Å². The van der Waals surface area contributed by atoms with Gasteiger partial charge in [-0.1, -0.05) is 17.7 Å². The molecule has 0 aliphatic carbocycles. The van der Waals surface area contributed by atoms with Crippen LogP contribution in [-0.4, -0.2) is 37.5 Å². The number of amides is 2. The molecule has 1 saturated heterocycles. The van der Waals surface area contributed by atoms with Crippen molar-refractivity contribution >= 4 is 29.2 Å². The lowest BCUT2D eigenvalue weighted by molar-refractivity contribution is -0.151. The van der Waals surface area contributed by atoms with Crippen LogP contribution in [0.15, 0.2) is 48.5 Å². The van der Waals surface area contributed by atoms with Gasteiger partial charge in [0.25, 0.3) is 5.91 Å².